The van der Waals surface area contributed by atoms with Gasteiger partial charge in [-0.1, -0.05) is 11.6 Å². The SMILES string of the molecule is Cc1cc(Cl)ccc1C(=O)NCCCCN1CCCC1CO. The summed E-state index contributed by atoms with van der Waals surface area (Å²) in [7, 11) is 0. The minimum absolute atomic E-state index is 0.0384. The van der Waals surface area contributed by atoms with Crippen LogP contribution < -0.4 is 5.32 Å². The highest BCUT2D eigenvalue weighted by molar-refractivity contribution is 6.30. The summed E-state index contributed by atoms with van der Waals surface area (Å²) in [5, 5.41) is 12.9. The number of rotatable bonds is 7. The Kier molecular flexibility index (Phi) is 6.68. The number of aliphatic hydroxyl groups is 1. The molecule has 0 bridgehead atoms. The Morgan fingerprint density at radius 2 is 2.27 bits per heavy atom. The van der Waals surface area contributed by atoms with Crippen molar-refractivity contribution in [2.45, 2.75) is 38.6 Å². The van der Waals surface area contributed by atoms with Gasteiger partial charge in [-0.2, -0.15) is 0 Å². The van der Waals surface area contributed by atoms with Crippen molar-refractivity contribution in [2.24, 2.45) is 0 Å². The minimum Gasteiger partial charge on any atom is -0.395 e. The fraction of sp³-hybridized carbons (Fsp3) is 0.588. The van der Waals surface area contributed by atoms with Crippen molar-refractivity contribution in [1.29, 1.82) is 0 Å². The van der Waals surface area contributed by atoms with Gasteiger partial charge in [0.1, 0.15) is 0 Å². The van der Waals surface area contributed by atoms with E-state index < -0.39 is 0 Å². The van der Waals surface area contributed by atoms with Gasteiger partial charge in [-0.25, -0.2) is 0 Å². The van der Waals surface area contributed by atoms with E-state index in [1.54, 1.807) is 18.2 Å². The Hall–Kier alpha value is -1.10. The Balaban J connectivity index is 1.67. The zero-order valence-corrected chi connectivity index (χ0v) is 13.9. The van der Waals surface area contributed by atoms with E-state index in [2.05, 4.69) is 10.2 Å². The lowest BCUT2D eigenvalue weighted by Gasteiger charge is -2.22. The molecule has 122 valence electrons. The minimum atomic E-state index is -0.0384. The summed E-state index contributed by atoms with van der Waals surface area (Å²) in [5.41, 5.74) is 1.58. The van der Waals surface area contributed by atoms with E-state index >= 15 is 0 Å². The molecule has 1 saturated heterocycles. The molecule has 1 aromatic rings. The molecule has 1 atom stereocenters. The average molecular weight is 325 g/mol. The van der Waals surface area contributed by atoms with Crippen molar-refractivity contribution < 1.29 is 9.90 Å². The van der Waals surface area contributed by atoms with Gasteiger partial charge < -0.3 is 10.4 Å². The van der Waals surface area contributed by atoms with E-state index in [4.69, 9.17) is 11.6 Å². The number of aryl methyl sites for hydroxylation is 1. The van der Waals surface area contributed by atoms with E-state index in [1.807, 2.05) is 6.92 Å². The number of hydrogen-bond acceptors (Lipinski definition) is 3. The number of nitrogens with one attached hydrogen (secondary N) is 1. The maximum atomic E-state index is 12.1. The topological polar surface area (TPSA) is 52.6 Å². The van der Waals surface area contributed by atoms with Gasteiger partial charge >= 0.3 is 0 Å². The first-order valence-corrected chi connectivity index (χ1v) is 8.39. The third kappa shape index (κ3) is 4.70. The summed E-state index contributed by atoms with van der Waals surface area (Å²) in [4.78, 5) is 14.4. The number of amides is 1. The van der Waals surface area contributed by atoms with Gasteiger partial charge in [0.05, 0.1) is 6.61 Å². The van der Waals surface area contributed by atoms with E-state index in [0.29, 0.717) is 23.2 Å². The van der Waals surface area contributed by atoms with Crippen LogP contribution in [0, 0.1) is 6.92 Å². The molecule has 0 spiro atoms. The first-order chi connectivity index (χ1) is 10.6. The molecule has 1 aliphatic heterocycles. The van der Waals surface area contributed by atoms with Crippen LogP contribution in [-0.4, -0.2) is 48.2 Å². The summed E-state index contributed by atoms with van der Waals surface area (Å²) in [6.07, 6.45) is 4.27. The molecule has 0 aromatic heterocycles. The molecule has 0 aliphatic carbocycles. The largest absolute Gasteiger partial charge is 0.395 e. The van der Waals surface area contributed by atoms with Crippen LogP contribution in [0.2, 0.25) is 5.02 Å². The van der Waals surface area contributed by atoms with Crippen LogP contribution in [0.4, 0.5) is 0 Å². The molecule has 1 fully saturated rings. The second-order valence-electron chi connectivity index (χ2n) is 5.94. The number of likely N-dealkylation sites (tertiary alicyclic amines) is 1. The van der Waals surface area contributed by atoms with Gasteiger partial charge in [-0.3, -0.25) is 9.69 Å². The summed E-state index contributed by atoms with van der Waals surface area (Å²) >= 11 is 5.90. The molecule has 1 aliphatic rings. The predicted octanol–water partition coefficient (Wildman–Crippen LogP) is 2.62. The van der Waals surface area contributed by atoms with Crippen molar-refractivity contribution in [2.75, 3.05) is 26.2 Å². The summed E-state index contributed by atoms with van der Waals surface area (Å²) in [6.45, 7) is 4.91. The van der Waals surface area contributed by atoms with Crippen molar-refractivity contribution in [3.63, 3.8) is 0 Å². The Bertz CT molecular complexity index is 507. The number of nitrogens with zero attached hydrogens (tertiary/aromatic N) is 1. The van der Waals surface area contributed by atoms with Crippen molar-refractivity contribution in [3.05, 3.63) is 34.3 Å². The quantitative estimate of drug-likeness (QED) is 0.758. The number of unbranched alkanes of at least 4 members (excludes halogenated alkanes) is 1. The van der Waals surface area contributed by atoms with E-state index in [1.165, 1.54) is 6.42 Å². The summed E-state index contributed by atoms with van der Waals surface area (Å²) in [6, 6.07) is 5.65. The monoisotopic (exact) mass is 324 g/mol. The molecule has 1 unspecified atom stereocenters. The molecule has 0 saturated carbocycles. The molecule has 1 heterocycles. The van der Waals surface area contributed by atoms with Crippen LogP contribution in [0.25, 0.3) is 0 Å². The summed E-state index contributed by atoms with van der Waals surface area (Å²) < 4.78 is 0. The number of aliphatic hydroxyl groups excluding tert-OH is 1. The van der Waals surface area contributed by atoms with E-state index in [9.17, 15) is 9.90 Å². The maximum absolute atomic E-state index is 12.1. The van der Waals surface area contributed by atoms with E-state index in [0.717, 1.165) is 37.9 Å². The number of hydrogen-bond donors (Lipinski definition) is 2. The third-order valence-corrected chi connectivity index (χ3v) is 4.54. The number of halogens is 1. The zero-order valence-electron chi connectivity index (χ0n) is 13.1. The van der Waals surface area contributed by atoms with Crippen LogP contribution in [0.5, 0.6) is 0 Å². The molecule has 4 nitrogen and oxygen atoms in total. The fourth-order valence-corrected chi connectivity index (χ4v) is 3.24. The summed E-state index contributed by atoms with van der Waals surface area (Å²) in [5.74, 6) is -0.0384. The molecule has 1 aromatic carbocycles. The Labute approximate surface area is 137 Å². The molecule has 22 heavy (non-hydrogen) atoms. The van der Waals surface area contributed by atoms with E-state index in [-0.39, 0.29) is 12.5 Å². The van der Waals surface area contributed by atoms with Gasteiger partial charge in [0, 0.05) is 23.2 Å². The van der Waals surface area contributed by atoms with Gasteiger partial charge in [0.2, 0.25) is 0 Å². The lowest BCUT2D eigenvalue weighted by Crippen LogP contribution is -2.33. The van der Waals surface area contributed by atoms with Crippen molar-refractivity contribution in [1.82, 2.24) is 10.2 Å². The maximum Gasteiger partial charge on any atom is 0.251 e. The van der Waals surface area contributed by atoms with Crippen LogP contribution in [0.15, 0.2) is 18.2 Å². The lowest BCUT2D eigenvalue weighted by molar-refractivity contribution is 0.0951. The van der Waals surface area contributed by atoms with Crippen LogP contribution >= 0.6 is 11.6 Å². The highest BCUT2D eigenvalue weighted by Crippen LogP contribution is 2.17. The molecule has 0 radical (unpaired) electrons. The first kappa shape index (κ1) is 17.3. The second kappa shape index (κ2) is 8.51. The number of carbonyl (C=O) groups is 1. The Morgan fingerprint density at radius 1 is 1.45 bits per heavy atom. The molecule has 1 amide bonds. The van der Waals surface area contributed by atoms with Gasteiger partial charge in [-0.05, 0) is 69.5 Å². The lowest BCUT2D eigenvalue weighted by atomic mass is 10.1. The predicted molar refractivity (Wildman–Crippen MR) is 89.4 cm³/mol. The molecule has 5 heteroatoms. The van der Waals surface area contributed by atoms with Gasteiger partial charge in [-0.15, -0.1) is 0 Å². The highest BCUT2D eigenvalue weighted by atomic mass is 35.5. The number of benzene rings is 1. The first-order valence-electron chi connectivity index (χ1n) is 8.01. The zero-order chi connectivity index (χ0) is 15.9. The van der Waals surface area contributed by atoms with Crippen LogP contribution in [-0.2, 0) is 0 Å². The van der Waals surface area contributed by atoms with Gasteiger partial charge in [0.25, 0.3) is 5.91 Å². The smallest absolute Gasteiger partial charge is 0.251 e. The highest BCUT2D eigenvalue weighted by Gasteiger charge is 2.22. The standard InChI is InChI=1S/C17H25ClN2O2/c1-13-11-14(18)6-7-16(13)17(22)19-8-2-3-9-20-10-4-5-15(20)12-21/h6-7,11,15,21H,2-5,8-10,12H2,1H3,(H,19,22). The van der Waals surface area contributed by atoms with Crippen LogP contribution in [0.3, 0.4) is 0 Å². The fourth-order valence-electron chi connectivity index (χ4n) is 3.02. The number of carbonyl (C=O) groups excluding carboxylic acids is 1. The average Bonchev–Trinajstić information content (AvgIpc) is 2.94. The van der Waals surface area contributed by atoms with Crippen LogP contribution in [0.1, 0.15) is 41.6 Å². The second-order valence-corrected chi connectivity index (χ2v) is 6.37. The van der Waals surface area contributed by atoms with Gasteiger partial charge in [0.15, 0.2) is 0 Å². The molecular formula is C17H25ClN2O2. The normalized spacial score (nSPS) is 18.6. The molecular weight excluding hydrogens is 300 g/mol. The van der Waals surface area contributed by atoms with Crippen molar-refractivity contribution >= 4 is 17.5 Å². The van der Waals surface area contributed by atoms with Crippen molar-refractivity contribution in [3.8, 4) is 0 Å². The third-order valence-electron chi connectivity index (χ3n) is 4.30. The Morgan fingerprint density at radius 3 is 3.00 bits per heavy atom. The molecule has 2 N–H and O–H groups in total. The molecule has 2 rings (SSSR count).